The van der Waals surface area contributed by atoms with E-state index in [2.05, 4.69) is 15.7 Å². The van der Waals surface area contributed by atoms with Crippen LogP contribution >= 0.6 is 0 Å². The molecule has 0 radical (unpaired) electrons. The van der Waals surface area contributed by atoms with Crippen molar-refractivity contribution in [2.45, 2.75) is 12.7 Å². The second kappa shape index (κ2) is 8.60. The van der Waals surface area contributed by atoms with Crippen LogP contribution in [0.4, 0.5) is 24.5 Å². The Morgan fingerprint density at radius 2 is 1.60 bits per heavy atom. The van der Waals surface area contributed by atoms with Gasteiger partial charge >= 0.3 is 6.18 Å². The highest BCUT2D eigenvalue weighted by Gasteiger charge is 2.30. The molecule has 0 bridgehead atoms. The van der Waals surface area contributed by atoms with Gasteiger partial charge in [0.25, 0.3) is 11.5 Å². The number of para-hydroxylation sites is 1. The number of hydrogen-bond donors (Lipinski definition) is 2. The number of aromatic nitrogens is 2. The summed E-state index contributed by atoms with van der Waals surface area (Å²) in [5, 5.41) is 8.73. The SMILES string of the molecule is O=C(Cn1nc(C(=O)Nc2ccccc2)ccc1=O)Nc1cccc(C(F)(F)F)c1. The number of rotatable bonds is 5. The predicted octanol–water partition coefficient (Wildman–Crippen LogP) is 3.15. The van der Waals surface area contributed by atoms with Crippen molar-refractivity contribution in [3.63, 3.8) is 0 Å². The van der Waals surface area contributed by atoms with E-state index in [9.17, 15) is 27.6 Å². The maximum Gasteiger partial charge on any atom is 0.416 e. The zero-order valence-corrected chi connectivity index (χ0v) is 15.3. The fourth-order valence-electron chi connectivity index (χ4n) is 2.51. The number of anilines is 2. The first kappa shape index (κ1) is 20.8. The van der Waals surface area contributed by atoms with E-state index in [4.69, 9.17) is 0 Å². The molecule has 0 unspecified atom stereocenters. The Hall–Kier alpha value is -3.95. The summed E-state index contributed by atoms with van der Waals surface area (Å²) in [4.78, 5) is 36.4. The monoisotopic (exact) mass is 416 g/mol. The quantitative estimate of drug-likeness (QED) is 0.668. The topological polar surface area (TPSA) is 93.1 Å². The Morgan fingerprint density at radius 3 is 2.30 bits per heavy atom. The zero-order valence-electron chi connectivity index (χ0n) is 15.3. The Labute approximate surface area is 168 Å². The van der Waals surface area contributed by atoms with Crippen molar-refractivity contribution in [3.8, 4) is 0 Å². The van der Waals surface area contributed by atoms with E-state index < -0.39 is 35.7 Å². The highest BCUT2D eigenvalue weighted by Crippen LogP contribution is 2.30. The molecule has 0 saturated heterocycles. The predicted molar refractivity (Wildman–Crippen MR) is 103 cm³/mol. The summed E-state index contributed by atoms with van der Waals surface area (Å²) in [5.41, 5.74) is -1.24. The first-order valence-corrected chi connectivity index (χ1v) is 8.64. The van der Waals surface area contributed by atoms with Gasteiger partial charge in [-0.05, 0) is 36.4 Å². The van der Waals surface area contributed by atoms with E-state index in [1.165, 1.54) is 12.1 Å². The molecule has 0 aliphatic heterocycles. The van der Waals surface area contributed by atoms with E-state index >= 15 is 0 Å². The molecule has 10 heteroatoms. The molecule has 0 aliphatic rings. The molecule has 2 aromatic carbocycles. The molecule has 0 atom stereocenters. The lowest BCUT2D eigenvalue weighted by atomic mass is 10.2. The smallest absolute Gasteiger partial charge is 0.324 e. The molecule has 0 saturated carbocycles. The van der Waals surface area contributed by atoms with Crippen LogP contribution < -0.4 is 16.2 Å². The summed E-state index contributed by atoms with van der Waals surface area (Å²) in [7, 11) is 0. The molecule has 2 amide bonds. The van der Waals surface area contributed by atoms with Crippen LogP contribution in [-0.2, 0) is 17.5 Å². The molecule has 1 heterocycles. The van der Waals surface area contributed by atoms with Gasteiger partial charge in [-0.3, -0.25) is 14.4 Å². The van der Waals surface area contributed by atoms with Gasteiger partial charge in [-0.2, -0.15) is 18.3 Å². The molecular formula is C20H15F3N4O3. The fourth-order valence-corrected chi connectivity index (χ4v) is 2.51. The summed E-state index contributed by atoms with van der Waals surface area (Å²) in [6.45, 7) is -0.582. The third-order valence-electron chi connectivity index (χ3n) is 3.90. The fraction of sp³-hybridized carbons (Fsp3) is 0.100. The Bertz CT molecular complexity index is 1130. The minimum Gasteiger partial charge on any atom is -0.324 e. The lowest BCUT2D eigenvalue weighted by Gasteiger charge is -2.11. The third-order valence-corrected chi connectivity index (χ3v) is 3.90. The van der Waals surface area contributed by atoms with Crippen LogP contribution in [0.1, 0.15) is 16.1 Å². The Kier molecular flexibility index (Phi) is 5.95. The van der Waals surface area contributed by atoms with Crippen molar-refractivity contribution in [1.29, 1.82) is 0 Å². The standard InChI is InChI=1S/C20H15F3N4O3/c21-20(22,23)13-5-4-8-15(11-13)24-17(28)12-27-18(29)10-9-16(26-27)19(30)25-14-6-2-1-3-7-14/h1-11H,12H2,(H,24,28)(H,25,30). The highest BCUT2D eigenvalue weighted by molar-refractivity contribution is 6.02. The molecule has 0 fully saturated rings. The number of hydrogen-bond acceptors (Lipinski definition) is 4. The van der Waals surface area contributed by atoms with Gasteiger partial charge in [-0.15, -0.1) is 0 Å². The van der Waals surface area contributed by atoms with Crippen LogP contribution in [0.25, 0.3) is 0 Å². The maximum absolute atomic E-state index is 12.8. The van der Waals surface area contributed by atoms with E-state index in [1.54, 1.807) is 30.3 Å². The average molecular weight is 416 g/mol. The normalized spacial score (nSPS) is 11.0. The largest absolute Gasteiger partial charge is 0.416 e. The van der Waals surface area contributed by atoms with Crippen LogP contribution in [0.3, 0.4) is 0 Å². The summed E-state index contributed by atoms with van der Waals surface area (Å²) < 4.78 is 39.1. The average Bonchev–Trinajstić information content (AvgIpc) is 2.70. The van der Waals surface area contributed by atoms with Crippen molar-refractivity contribution in [3.05, 3.63) is 88.3 Å². The Balaban J connectivity index is 1.72. The number of halogens is 3. The lowest BCUT2D eigenvalue weighted by molar-refractivity contribution is -0.137. The summed E-state index contributed by atoms with van der Waals surface area (Å²) in [6.07, 6.45) is -4.56. The molecule has 7 nitrogen and oxygen atoms in total. The van der Waals surface area contributed by atoms with Gasteiger partial charge < -0.3 is 10.6 Å². The van der Waals surface area contributed by atoms with Gasteiger partial charge in [-0.25, -0.2) is 4.68 Å². The van der Waals surface area contributed by atoms with Gasteiger partial charge in [-0.1, -0.05) is 24.3 Å². The molecule has 2 N–H and O–H groups in total. The number of nitrogens with one attached hydrogen (secondary N) is 2. The Morgan fingerprint density at radius 1 is 0.900 bits per heavy atom. The zero-order chi connectivity index (χ0) is 21.7. The summed E-state index contributed by atoms with van der Waals surface area (Å²) >= 11 is 0. The minimum atomic E-state index is -4.56. The van der Waals surface area contributed by atoms with Crippen molar-refractivity contribution in [2.75, 3.05) is 10.6 Å². The van der Waals surface area contributed by atoms with Crippen LogP contribution in [0, 0.1) is 0 Å². The van der Waals surface area contributed by atoms with Gasteiger partial charge in [0.2, 0.25) is 5.91 Å². The van der Waals surface area contributed by atoms with E-state index in [0.717, 1.165) is 28.9 Å². The van der Waals surface area contributed by atoms with Gasteiger partial charge in [0, 0.05) is 17.4 Å². The van der Waals surface area contributed by atoms with E-state index in [0.29, 0.717) is 5.69 Å². The number of amides is 2. The second-order valence-electron chi connectivity index (χ2n) is 6.16. The van der Waals surface area contributed by atoms with Crippen LogP contribution in [-0.4, -0.2) is 21.6 Å². The minimum absolute atomic E-state index is 0.0825. The first-order chi connectivity index (χ1) is 14.2. The van der Waals surface area contributed by atoms with Crippen molar-refractivity contribution < 1.29 is 22.8 Å². The molecule has 154 valence electrons. The number of nitrogens with zero attached hydrogens (tertiary/aromatic N) is 2. The van der Waals surface area contributed by atoms with E-state index in [1.807, 2.05) is 0 Å². The van der Waals surface area contributed by atoms with Gasteiger partial charge in [0.15, 0.2) is 0 Å². The lowest BCUT2D eigenvalue weighted by Crippen LogP contribution is -2.31. The van der Waals surface area contributed by atoms with Gasteiger partial charge in [0.05, 0.1) is 5.56 Å². The second-order valence-corrected chi connectivity index (χ2v) is 6.16. The summed E-state index contributed by atoms with van der Waals surface area (Å²) in [5.74, 6) is -1.36. The number of carbonyl (C=O) groups excluding carboxylic acids is 2. The van der Waals surface area contributed by atoms with E-state index in [-0.39, 0.29) is 11.4 Å². The third kappa shape index (κ3) is 5.31. The maximum atomic E-state index is 12.8. The number of alkyl halides is 3. The van der Waals surface area contributed by atoms with Crippen LogP contribution in [0.2, 0.25) is 0 Å². The van der Waals surface area contributed by atoms with Crippen molar-refractivity contribution in [1.82, 2.24) is 9.78 Å². The number of benzene rings is 2. The molecule has 30 heavy (non-hydrogen) atoms. The van der Waals surface area contributed by atoms with Crippen molar-refractivity contribution in [2.24, 2.45) is 0 Å². The highest BCUT2D eigenvalue weighted by atomic mass is 19.4. The first-order valence-electron chi connectivity index (χ1n) is 8.64. The number of carbonyl (C=O) groups is 2. The van der Waals surface area contributed by atoms with Gasteiger partial charge in [0.1, 0.15) is 12.2 Å². The molecule has 3 aromatic rings. The van der Waals surface area contributed by atoms with Crippen LogP contribution in [0.5, 0.6) is 0 Å². The van der Waals surface area contributed by atoms with Crippen LogP contribution in [0.15, 0.2) is 71.5 Å². The molecule has 3 rings (SSSR count). The van der Waals surface area contributed by atoms with Crippen molar-refractivity contribution >= 4 is 23.2 Å². The molecule has 0 aliphatic carbocycles. The summed E-state index contributed by atoms with van der Waals surface area (Å²) in [6, 6.07) is 14.9. The molecular weight excluding hydrogens is 401 g/mol. The molecule has 0 spiro atoms. The molecule has 1 aromatic heterocycles.